The zero-order valence-corrected chi connectivity index (χ0v) is 21.0. The van der Waals surface area contributed by atoms with Gasteiger partial charge in [0.05, 0.1) is 17.1 Å². The van der Waals surface area contributed by atoms with Gasteiger partial charge >= 0.3 is 6.16 Å². The lowest BCUT2D eigenvalue weighted by Crippen LogP contribution is -2.26. The van der Waals surface area contributed by atoms with Crippen LogP contribution in [0, 0.1) is 13.8 Å². The molecule has 0 fully saturated rings. The number of benzene rings is 4. The second kappa shape index (κ2) is 10.5. The van der Waals surface area contributed by atoms with E-state index in [0.29, 0.717) is 11.4 Å². The molecule has 0 aromatic heterocycles. The van der Waals surface area contributed by atoms with Gasteiger partial charge in [-0.1, -0.05) is 42.5 Å². The normalized spacial score (nSPS) is 11.9. The molecule has 7 nitrogen and oxygen atoms in total. The van der Waals surface area contributed by atoms with Crippen LogP contribution in [-0.2, 0) is 4.74 Å². The average Bonchev–Trinajstić information content (AvgIpc) is 2.81. The summed E-state index contributed by atoms with van der Waals surface area (Å²) in [5.74, 6) is 0.270. The zero-order chi connectivity index (χ0) is 25.7. The number of nitrogens with zero attached hydrogens (tertiary/aromatic N) is 4. The fraction of sp³-hybridized carbons (Fsp3) is 0.207. The fourth-order valence-electron chi connectivity index (χ4n) is 3.50. The maximum atomic E-state index is 12.3. The van der Waals surface area contributed by atoms with Gasteiger partial charge < -0.3 is 9.47 Å². The first-order valence-corrected chi connectivity index (χ1v) is 11.6. The number of carbonyl (C=O) groups excluding carboxylic acids is 1. The number of hydrogen-bond donors (Lipinski definition) is 0. The van der Waals surface area contributed by atoms with Crippen LogP contribution < -0.4 is 4.74 Å². The first-order valence-electron chi connectivity index (χ1n) is 11.6. The molecule has 4 aromatic rings. The van der Waals surface area contributed by atoms with Crippen LogP contribution in [0.25, 0.3) is 10.8 Å². The molecule has 0 N–H and O–H groups in total. The largest absolute Gasteiger partial charge is 0.514 e. The lowest BCUT2D eigenvalue weighted by Gasteiger charge is -2.19. The molecule has 0 aliphatic heterocycles. The predicted molar refractivity (Wildman–Crippen MR) is 142 cm³/mol. The summed E-state index contributed by atoms with van der Waals surface area (Å²) >= 11 is 0. The molecule has 0 saturated carbocycles. The topological polar surface area (TPSA) is 85.0 Å². The molecule has 0 bridgehead atoms. The van der Waals surface area contributed by atoms with Crippen LogP contribution in [0.1, 0.15) is 31.9 Å². The summed E-state index contributed by atoms with van der Waals surface area (Å²) in [5.41, 5.74) is 3.98. The maximum Gasteiger partial charge on any atom is 0.514 e. The molecule has 36 heavy (non-hydrogen) atoms. The molecular weight excluding hydrogens is 452 g/mol. The molecule has 0 aliphatic carbocycles. The Morgan fingerprint density at radius 3 is 2.25 bits per heavy atom. The monoisotopic (exact) mass is 480 g/mol. The number of aryl methyl sites for hydroxylation is 2. The van der Waals surface area contributed by atoms with Crippen molar-refractivity contribution < 1.29 is 14.3 Å². The number of ether oxygens (including phenoxy) is 2. The first kappa shape index (κ1) is 24.7. The smallest absolute Gasteiger partial charge is 0.428 e. The van der Waals surface area contributed by atoms with E-state index in [0.717, 1.165) is 33.3 Å². The summed E-state index contributed by atoms with van der Waals surface area (Å²) in [5, 5.41) is 19.4. The highest BCUT2D eigenvalue weighted by Gasteiger charge is 2.20. The third kappa shape index (κ3) is 6.39. The highest BCUT2D eigenvalue weighted by Crippen LogP contribution is 2.38. The minimum atomic E-state index is -0.798. The van der Waals surface area contributed by atoms with E-state index in [1.807, 2.05) is 86.6 Å². The second-order valence-corrected chi connectivity index (χ2v) is 9.41. The van der Waals surface area contributed by atoms with E-state index < -0.39 is 11.8 Å². The molecule has 0 aliphatic rings. The molecule has 0 saturated heterocycles. The number of azo groups is 2. The fourth-order valence-corrected chi connectivity index (χ4v) is 3.50. The van der Waals surface area contributed by atoms with Gasteiger partial charge in [-0.15, -0.1) is 5.11 Å². The van der Waals surface area contributed by atoms with Crippen LogP contribution in [0.15, 0.2) is 99.3 Å². The Kier molecular flexibility index (Phi) is 7.20. The van der Waals surface area contributed by atoms with Crippen molar-refractivity contribution in [2.24, 2.45) is 20.5 Å². The Balaban J connectivity index is 1.62. The van der Waals surface area contributed by atoms with Crippen molar-refractivity contribution in [3.05, 3.63) is 90.0 Å². The van der Waals surface area contributed by atoms with E-state index in [1.54, 1.807) is 26.8 Å². The quantitative estimate of drug-likeness (QED) is 0.162. The molecule has 0 radical (unpaired) electrons. The molecule has 0 amide bonds. The van der Waals surface area contributed by atoms with Crippen molar-refractivity contribution in [3.63, 3.8) is 0 Å². The summed E-state index contributed by atoms with van der Waals surface area (Å²) in [7, 11) is 0. The van der Waals surface area contributed by atoms with Gasteiger partial charge in [0.2, 0.25) is 0 Å². The lowest BCUT2D eigenvalue weighted by molar-refractivity contribution is 0.0207. The standard InChI is InChI=1S/C29H28N4O3/c1-19-9-8-11-22(17-19)30-32-25-15-14-23(18-20(25)2)31-33-27-24-12-7-6-10-21(24)13-16-26(27)35-28(34)36-29(3,4)5/h6-18H,1-5H3. The molecule has 182 valence electrons. The summed E-state index contributed by atoms with van der Waals surface area (Å²) in [4.78, 5) is 12.3. The van der Waals surface area contributed by atoms with Crippen molar-refractivity contribution >= 4 is 39.7 Å². The van der Waals surface area contributed by atoms with Crippen LogP contribution in [-0.4, -0.2) is 11.8 Å². The van der Waals surface area contributed by atoms with Gasteiger partial charge in [0.1, 0.15) is 11.3 Å². The third-order valence-electron chi connectivity index (χ3n) is 5.17. The summed E-state index contributed by atoms with van der Waals surface area (Å²) in [6.45, 7) is 9.30. The minimum absolute atomic E-state index is 0.270. The zero-order valence-electron chi connectivity index (χ0n) is 21.0. The summed E-state index contributed by atoms with van der Waals surface area (Å²) < 4.78 is 10.8. The van der Waals surface area contributed by atoms with Crippen LogP contribution in [0.2, 0.25) is 0 Å². The van der Waals surface area contributed by atoms with E-state index in [2.05, 4.69) is 20.5 Å². The Morgan fingerprint density at radius 2 is 1.50 bits per heavy atom. The summed E-state index contributed by atoms with van der Waals surface area (Å²) in [6, 6.07) is 24.7. The van der Waals surface area contributed by atoms with Crippen LogP contribution >= 0.6 is 0 Å². The molecule has 0 unspecified atom stereocenters. The SMILES string of the molecule is Cc1cccc(N=Nc2ccc(N=Nc3c(OC(=O)OC(C)(C)C)ccc4ccccc34)cc2C)c1. The number of rotatable bonds is 5. The van der Waals surface area contributed by atoms with Gasteiger partial charge in [0.15, 0.2) is 5.75 Å². The van der Waals surface area contributed by atoms with E-state index >= 15 is 0 Å². The third-order valence-corrected chi connectivity index (χ3v) is 5.17. The van der Waals surface area contributed by atoms with Crippen LogP contribution in [0.4, 0.5) is 27.5 Å². The van der Waals surface area contributed by atoms with Crippen molar-refractivity contribution in [1.82, 2.24) is 0 Å². The average molecular weight is 481 g/mol. The first-order chi connectivity index (χ1) is 17.2. The molecule has 4 aromatic carbocycles. The van der Waals surface area contributed by atoms with Gasteiger partial charge in [-0.3, -0.25) is 0 Å². The Bertz CT molecular complexity index is 1470. The molecule has 0 atom stereocenters. The van der Waals surface area contributed by atoms with Gasteiger partial charge in [0.25, 0.3) is 0 Å². The van der Waals surface area contributed by atoms with Gasteiger partial charge in [-0.2, -0.15) is 15.3 Å². The number of fused-ring (bicyclic) bond motifs is 1. The molecule has 4 rings (SSSR count). The Morgan fingerprint density at radius 1 is 0.750 bits per heavy atom. The minimum Gasteiger partial charge on any atom is -0.428 e. The Labute approximate surface area is 210 Å². The van der Waals surface area contributed by atoms with Gasteiger partial charge in [-0.05, 0) is 87.5 Å². The molecule has 0 spiro atoms. The molecule has 0 heterocycles. The van der Waals surface area contributed by atoms with Crippen LogP contribution in [0.5, 0.6) is 5.75 Å². The highest BCUT2D eigenvalue weighted by atomic mass is 16.7. The van der Waals surface area contributed by atoms with Crippen molar-refractivity contribution in [1.29, 1.82) is 0 Å². The number of carbonyl (C=O) groups is 1. The van der Waals surface area contributed by atoms with E-state index in [-0.39, 0.29) is 5.75 Å². The molecule has 7 heteroatoms. The van der Waals surface area contributed by atoms with Gasteiger partial charge in [-0.25, -0.2) is 4.79 Å². The lowest BCUT2D eigenvalue weighted by atomic mass is 10.1. The maximum absolute atomic E-state index is 12.3. The van der Waals surface area contributed by atoms with E-state index in [1.165, 1.54) is 0 Å². The van der Waals surface area contributed by atoms with Crippen molar-refractivity contribution in [2.75, 3.05) is 0 Å². The van der Waals surface area contributed by atoms with Crippen LogP contribution in [0.3, 0.4) is 0 Å². The highest BCUT2D eigenvalue weighted by molar-refractivity contribution is 5.96. The molecular formula is C29H28N4O3. The van der Waals surface area contributed by atoms with Gasteiger partial charge in [0, 0.05) is 5.39 Å². The number of hydrogen-bond acceptors (Lipinski definition) is 7. The second-order valence-electron chi connectivity index (χ2n) is 9.41. The van der Waals surface area contributed by atoms with Crippen molar-refractivity contribution in [2.45, 2.75) is 40.2 Å². The van der Waals surface area contributed by atoms with Crippen molar-refractivity contribution in [3.8, 4) is 5.75 Å². The summed E-state index contributed by atoms with van der Waals surface area (Å²) in [6.07, 6.45) is -0.798. The van der Waals surface area contributed by atoms with E-state index in [4.69, 9.17) is 9.47 Å². The predicted octanol–water partition coefficient (Wildman–Crippen LogP) is 9.60. The van der Waals surface area contributed by atoms with E-state index in [9.17, 15) is 4.79 Å². The Hall–Kier alpha value is -4.39.